The van der Waals surface area contributed by atoms with Crippen molar-refractivity contribution < 1.29 is 0 Å². The highest BCUT2D eigenvalue weighted by molar-refractivity contribution is 7.99. The van der Waals surface area contributed by atoms with E-state index in [-0.39, 0.29) is 0 Å². The summed E-state index contributed by atoms with van der Waals surface area (Å²) in [6.45, 7) is 11.4. The Morgan fingerprint density at radius 3 is 2.33 bits per heavy atom. The van der Waals surface area contributed by atoms with Crippen LogP contribution in [0.4, 0.5) is 0 Å². The second-order valence-electron chi connectivity index (χ2n) is 5.09. The molecule has 0 aromatic heterocycles. The smallest absolute Gasteiger partial charge is 0.0483 e. The molecule has 1 aromatic carbocycles. The van der Waals surface area contributed by atoms with Crippen molar-refractivity contribution in [3.63, 3.8) is 0 Å². The summed E-state index contributed by atoms with van der Waals surface area (Å²) in [5, 5.41) is 0. The maximum atomic E-state index is 4.17. The van der Waals surface area contributed by atoms with Crippen LogP contribution < -0.4 is 0 Å². The van der Waals surface area contributed by atoms with E-state index in [9.17, 15) is 0 Å². The summed E-state index contributed by atoms with van der Waals surface area (Å²) in [5.41, 5.74) is 1.39. The average Bonchev–Trinajstić information content (AvgIpc) is 2.14. The zero-order valence-corrected chi connectivity index (χ0v) is 11.7. The number of thioether (sulfide) groups is 1. The maximum Gasteiger partial charge on any atom is 0.0483 e. The Morgan fingerprint density at radius 2 is 1.80 bits per heavy atom. The second kappa shape index (κ2) is 5.57. The topological polar surface area (TPSA) is 0 Å². The van der Waals surface area contributed by atoms with Gasteiger partial charge in [0, 0.05) is 18.7 Å². The molecule has 2 heteroatoms. The van der Waals surface area contributed by atoms with Gasteiger partial charge in [0.1, 0.15) is 0 Å². The summed E-state index contributed by atoms with van der Waals surface area (Å²) in [7, 11) is -0.971. The molecule has 0 saturated carbocycles. The van der Waals surface area contributed by atoms with Crippen molar-refractivity contribution in [1.82, 2.24) is 0 Å². The van der Waals surface area contributed by atoms with Crippen LogP contribution >= 0.6 is 11.8 Å². The average molecular weight is 236 g/mol. The van der Waals surface area contributed by atoms with E-state index in [1.54, 1.807) is 0 Å². The van der Waals surface area contributed by atoms with Crippen LogP contribution in [-0.2, 0) is 0 Å². The van der Waals surface area contributed by atoms with Crippen LogP contribution in [0.3, 0.4) is 0 Å². The number of rotatable bonds is 5. The fraction of sp³-hybridized carbons (Fsp3) is 0.385. The van der Waals surface area contributed by atoms with Crippen molar-refractivity contribution in [2.45, 2.75) is 30.6 Å². The molecule has 0 N–H and O–H groups in total. The molecule has 1 aromatic rings. The molecule has 0 nitrogen and oxygen atoms in total. The van der Waals surface area contributed by atoms with Crippen molar-refractivity contribution >= 4 is 19.8 Å². The SMILES string of the molecule is C=C(CSc1ccccc1)C[Si](C)(C)C. The summed E-state index contributed by atoms with van der Waals surface area (Å²) in [6.07, 6.45) is 0. The maximum absolute atomic E-state index is 4.17. The van der Waals surface area contributed by atoms with E-state index in [4.69, 9.17) is 0 Å². The van der Waals surface area contributed by atoms with Gasteiger partial charge in [-0.1, -0.05) is 50.0 Å². The normalized spacial score (nSPS) is 11.4. The molecule has 0 spiro atoms. The van der Waals surface area contributed by atoms with Crippen molar-refractivity contribution in [2.24, 2.45) is 0 Å². The fourth-order valence-electron chi connectivity index (χ4n) is 1.50. The molecule has 15 heavy (non-hydrogen) atoms. The van der Waals surface area contributed by atoms with Crippen LogP contribution in [0.25, 0.3) is 0 Å². The molecular weight excluding hydrogens is 216 g/mol. The first kappa shape index (κ1) is 12.6. The van der Waals surface area contributed by atoms with Crippen LogP contribution in [0.5, 0.6) is 0 Å². The van der Waals surface area contributed by atoms with Crippen molar-refractivity contribution in [3.8, 4) is 0 Å². The Labute approximate surface area is 98.8 Å². The van der Waals surface area contributed by atoms with Gasteiger partial charge in [0.25, 0.3) is 0 Å². The molecule has 0 aliphatic rings. The van der Waals surface area contributed by atoms with Gasteiger partial charge in [-0.15, -0.1) is 11.8 Å². The minimum absolute atomic E-state index is 0.971. The second-order valence-corrected chi connectivity index (χ2v) is 11.6. The monoisotopic (exact) mass is 236 g/mol. The molecule has 0 radical (unpaired) electrons. The van der Waals surface area contributed by atoms with Gasteiger partial charge in [-0.2, -0.15) is 0 Å². The molecule has 0 amide bonds. The molecule has 0 unspecified atom stereocenters. The minimum Gasteiger partial charge on any atom is -0.122 e. The molecule has 82 valence electrons. The molecule has 0 fully saturated rings. The Balaban J connectivity index is 2.35. The van der Waals surface area contributed by atoms with E-state index in [2.05, 4.69) is 56.6 Å². The summed E-state index contributed by atoms with van der Waals surface area (Å²) in [6, 6.07) is 11.8. The largest absolute Gasteiger partial charge is 0.122 e. The van der Waals surface area contributed by atoms with Gasteiger partial charge >= 0.3 is 0 Å². The lowest BCUT2D eigenvalue weighted by Crippen LogP contribution is -2.20. The number of benzene rings is 1. The lowest BCUT2D eigenvalue weighted by atomic mass is 10.4. The van der Waals surface area contributed by atoms with Crippen LogP contribution in [0.2, 0.25) is 25.7 Å². The molecule has 0 bridgehead atoms. The highest BCUT2D eigenvalue weighted by Crippen LogP contribution is 2.23. The summed E-state index contributed by atoms with van der Waals surface area (Å²) >= 11 is 1.89. The number of hydrogen-bond acceptors (Lipinski definition) is 1. The molecule has 0 heterocycles. The molecule has 0 atom stereocenters. The summed E-state index contributed by atoms with van der Waals surface area (Å²) < 4.78 is 0. The van der Waals surface area contributed by atoms with Gasteiger partial charge in [0.2, 0.25) is 0 Å². The van der Waals surface area contributed by atoms with E-state index >= 15 is 0 Å². The molecular formula is C13H20SSi. The third-order valence-electron chi connectivity index (χ3n) is 1.97. The Hall–Kier alpha value is -0.473. The molecule has 1 rings (SSSR count). The van der Waals surface area contributed by atoms with Crippen molar-refractivity contribution in [1.29, 1.82) is 0 Å². The molecule has 0 aliphatic carbocycles. The first-order valence-corrected chi connectivity index (χ1v) is 10.0. The predicted octanol–water partition coefficient (Wildman–Crippen LogP) is 4.67. The van der Waals surface area contributed by atoms with E-state index in [0.29, 0.717) is 0 Å². The van der Waals surface area contributed by atoms with Crippen molar-refractivity contribution in [3.05, 3.63) is 42.5 Å². The van der Waals surface area contributed by atoms with E-state index in [1.807, 2.05) is 11.8 Å². The van der Waals surface area contributed by atoms with Crippen LogP contribution in [0, 0.1) is 0 Å². The fourth-order valence-corrected chi connectivity index (χ4v) is 4.13. The van der Waals surface area contributed by atoms with Gasteiger partial charge < -0.3 is 0 Å². The van der Waals surface area contributed by atoms with Gasteiger partial charge in [0.05, 0.1) is 0 Å². The van der Waals surface area contributed by atoms with Crippen LogP contribution in [0.1, 0.15) is 0 Å². The lowest BCUT2D eigenvalue weighted by Gasteiger charge is -2.17. The lowest BCUT2D eigenvalue weighted by molar-refractivity contribution is 1.33. The third-order valence-corrected chi connectivity index (χ3v) is 4.69. The summed E-state index contributed by atoms with van der Waals surface area (Å²) in [5.74, 6) is 1.06. The van der Waals surface area contributed by atoms with Gasteiger partial charge in [-0.05, 0) is 18.2 Å². The van der Waals surface area contributed by atoms with E-state index in [1.165, 1.54) is 16.5 Å². The van der Waals surface area contributed by atoms with E-state index < -0.39 is 8.07 Å². The number of hydrogen-bond donors (Lipinski definition) is 0. The predicted molar refractivity (Wildman–Crippen MR) is 74.5 cm³/mol. The van der Waals surface area contributed by atoms with Gasteiger partial charge in [-0.3, -0.25) is 0 Å². The van der Waals surface area contributed by atoms with Crippen molar-refractivity contribution in [2.75, 3.05) is 5.75 Å². The highest BCUT2D eigenvalue weighted by Gasteiger charge is 2.14. The Kier molecular flexibility index (Phi) is 4.67. The van der Waals surface area contributed by atoms with E-state index in [0.717, 1.165) is 5.75 Å². The first-order chi connectivity index (χ1) is 6.97. The Bertz CT molecular complexity index is 311. The van der Waals surface area contributed by atoms with Crippen LogP contribution in [0.15, 0.2) is 47.4 Å². The standard InChI is InChI=1S/C13H20SSi/c1-12(11-15(2,3)4)10-14-13-8-6-5-7-9-13/h5-9H,1,10-11H2,2-4H3. The van der Waals surface area contributed by atoms with Gasteiger partial charge in [0.15, 0.2) is 0 Å². The molecule has 0 aliphatic heterocycles. The van der Waals surface area contributed by atoms with Gasteiger partial charge in [-0.25, -0.2) is 0 Å². The summed E-state index contributed by atoms with van der Waals surface area (Å²) in [4.78, 5) is 1.34. The Morgan fingerprint density at radius 1 is 1.20 bits per heavy atom. The highest BCUT2D eigenvalue weighted by atomic mass is 32.2. The quantitative estimate of drug-likeness (QED) is 0.406. The third kappa shape index (κ3) is 5.85. The zero-order chi connectivity index (χ0) is 11.3. The van der Waals surface area contributed by atoms with Crippen LogP contribution in [-0.4, -0.2) is 13.8 Å². The zero-order valence-electron chi connectivity index (χ0n) is 9.92. The first-order valence-electron chi connectivity index (χ1n) is 5.32. The molecule has 0 saturated heterocycles. The minimum atomic E-state index is -0.971.